The number of nitrogens with one attached hydrogen (secondary N) is 1. The molecule has 0 fully saturated rings. The third-order valence-electron chi connectivity index (χ3n) is 5.98. The number of alkyl halides is 7. The van der Waals surface area contributed by atoms with Crippen LogP contribution >= 0.6 is 0 Å². The summed E-state index contributed by atoms with van der Waals surface area (Å²) in [6.07, 6.45) is -7.26. The van der Waals surface area contributed by atoms with Crippen LogP contribution in [0.5, 0.6) is 11.5 Å². The van der Waals surface area contributed by atoms with Crippen LogP contribution in [-0.2, 0) is 23.0 Å². The number of ether oxygens (including phenoxy) is 2. The average Bonchev–Trinajstić information content (AvgIpc) is 3.28. The van der Waals surface area contributed by atoms with Crippen molar-refractivity contribution >= 4 is 20.9 Å². The van der Waals surface area contributed by atoms with E-state index in [1.165, 1.54) is 30.5 Å². The highest BCUT2D eigenvalue weighted by Crippen LogP contribution is 2.29. The summed E-state index contributed by atoms with van der Waals surface area (Å²) in [4.78, 5) is -0.351. The summed E-state index contributed by atoms with van der Waals surface area (Å²) in [5.74, 6) is -5.64. The number of fused-ring (bicyclic) bond motifs is 1. The topological polar surface area (TPSA) is 69.6 Å². The van der Waals surface area contributed by atoms with Gasteiger partial charge in [0.1, 0.15) is 17.3 Å². The Morgan fingerprint density at radius 3 is 2.29 bits per heavy atom. The van der Waals surface area contributed by atoms with Gasteiger partial charge in [-0.1, -0.05) is 12.1 Å². The fourth-order valence-corrected chi connectivity index (χ4v) is 5.39. The second-order valence-electron chi connectivity index (χ2n) is 9.06. The van der Waals surface area contributed by atoms with Gasteiger partial charge >= 0.3 is 18.7 Å². The minimum absolute atomic E-state index is 0.0195. The molecule has 0 saturated heterocycles. The minimum Gasteiger partial charge on any atom is -0.487 e. The molecule has 3 aromatic carbocycles. The summed E-state index contributed by atoms with van der Waals surface area (Å²) >= 11 is 0. The van der Waals surface area contributed by atoms with Gasteiger partial charge in [0.25, 0.3) is 10.0 Å². The van der Waals surface area contributed by atoms with E-state index < -0.39 is 46.9 Å². The van der Waals surface area contributed by atoms with Crippen LogP contribution in [0.15, 0.2) is 77.8 Å². The van der Waals surface area contributed by atoms with Gasteiger partial charge in [-0.05, 0) is 78.7 Å². The quantitative estimate of drug-likeness (QED) is 0.144. The molecule has 0 aliphatic rings. The van der Waals surface area contributed by atoms with Crippen molar-refractivity contribution in [1.82, 2.24) is 9.29 Å². The molecule has 226 valence electrons. The predicted octanol–water partition coefficient (Wildman–Crippen LogP) is 6.53. The first-order valence-electron chi connectivity index (χ1n) is 12.1. The third-order valence-corrected chi connectivity index (χ3v) is 7.67. The molecule has 0 aliphatic carbocycles. The molecule has 0 saturated carbocycles. The fraction of sp³-hybridized carbons (Fsp3) is 0.259. The molecule has 1 N–H and O–H groups in total. The lowest BCUT2D eigenvalue weighted by Crippen LogP contribution is -2.33. The van der Waals surface area contributed by atoms with E-state index in [0.717, 1.165) is 40.4 Å². The zero-order valence-corrected chi connectivity index (χ0v) is 22.2. The Bertz CT molecular complexity index is 1640. The summed E-state index contributed by atoms with van der Waals surface area (Å²) < 4.78 is 138. The van der Waals surface area contributed by atoms with Gasteiger partial charge in [0.15, 0.2) is 6.61 Å². The molecule has 1 heterocycles. The molecule has 4 rings (SSSR count). The molecular weight excluding hydrogens is 600 g/mol. The summed E-state index contributed by atoms with van der Waals surface area (Å²) in [6.45, 7) is -0.977. The number of benzene rings is 3. The highest BCUT2D eigenvalue weighted by molar-refractivity contribution is 7.90. The van der Waals surface area contributed by atoms with Gasteiger partial charge in [-0.3, -0.25) is 0 Å². The zero-order valence-electron chi connectivity index (χ0n) is 21.3. The molecule has 0 unspecified atom stereocenters. The van der Waals surface area contributed by atoms with Crippen molar-refractivity contribution in [3.8, 4) is 11.5 Å². The standard InChI is InChI=1S/C27H22F8N2O4S/c28-19-4-9-23-18(10-11-36-14-17-2-1-3-21(12-17)40-16-26(31,32)25(29)30)15-37(24(23)13-19)42(38,39)22-7-5-20(6-8-22)41-27(33,34)35/h1-9,12-13,15,25,36H,10-11,14,16H2. The van der Waals surface area contributed by atoms with Gasteiger partial charge < -0.3 is 14.8 Å². The van der Waals surface area contributed by atoms with Crippen molar-refractivity contribution < 1.29 is 53.0 Å². The Labute approximate surface area is 234 Å². The predicted molar refractivity (Wildman–Crippen MR) is 136 cm³/mol. The number of nitrogens with zero attached hydrogens (tertiary/aromatic N) is 1. The van der Waals surface area contributed by atoms with Gasteiger partial charge in [0, 0.05) is 18.1 Å². The fourth-order valence-electron chi connectivity index (χ4n) is 4.01. The first-order chi connectivity index (χ1) is 19.7. The van der Waals surface area contributed by atoms with Crippen LogP contribution < -0.4 is 14.8 Å². The summed E-state index contributed by atoms with van der Waals surface area (Å²) in [5, 5.41) is 3.51. The Hall–Kier alpha value is -3.85. The maximum Gasteiger partial charge on any atom is 0.573 e. The maximum absolute atomic E-state index is 14.1. The van der Waals surface area contributed by atoms with E-state index in [-0.39, 0.29) is 35.7 Å². The van der Waals surface area contributed by atoms with Gasteiger partial charge in [0.2, 0.25) is 0 Å². The third kappa shape index (κ3) is 7.50. The molecule has 6 nitrogen and oxygen atoms in total. The molecule has 0 spiro atoms. The molecular formula is C27H22F8N2O4S. The van der Waals surface area contributed by atoms with Crippen LogP contribution in [0.4, 0.5) is 35.1 Å². The Balaban J connectivity index is 1.46. The molecule has 42 heavy (non-hydrogen) atoms. The van der Waals surface area contributed by atoms with E-state index in [0.29, 0.717) is 16.5 Å². The SMILES string of the molecule is O=S(=O)(c1ccc(OC(F)(F)F)cc1)n1cc(CCNCc2cccc(OCC(F)(F)C(F)F)c2)c2ccc(F)cc21. The summed E-state index contributed by atoms with van der Waals surface area (Å²) in [7, 11) is -4.34. The van der Waals surface area contributed by atoms with Crippen molar-refractivity contribution in [2.75, 3.05) is 13.2 Å². The van der Waals surface area contributed by atoms with Crippen LogP contribution in [0.1, 0.15) is 11.1 Å². The molecule has 1 aromatic heterocycles. The first kappa shape index (κ1) is 31.1. The van der Waals surface area contributed by atoms with Gasteiger partial charge in [-0.15, -0.1) is 13.2 Å². The van der Waals surface area contributed by atoms with E-state index in [4.69, 9.17) is 4.74 Å². The second kappa shape index (κ2) is 12.2. The van der Waals surface area contributed by atoms with E-state index >= 15 is 0 Å². The smallest absolute Gasteiger partial charge is 0.487 e. The highest BCUT2D eigenvalue weighted by atomic mass is 32.2. The van der Waals surface area contributed by atoms with Gasteiger partial charge in [-0.25, -0.2) is 25.6 Å². The molecule has 0 bridgehead atoms. The summed E-state index contributed by atoms with van der Waals surface area (Å²) in [5.41, 5.74) is 1.13. The van der Waals surface area contributed by atoms with Crippen molar-refractivity contribution in [3.63, 3.8) is 0 Å². The lowest BCUT2D eigenvalue weighted by Gasteiger charge is -2.16. The minimum atomic E-state index is -4.96. The largest absolute Gasteiger partial charge is 0.573 e. The van der Waals surface area contributed by atoms with Crippen molar-refractivity contribution in [1.29, 1.82) is 0 Å². The van der Waals surface area contributed by atoms with Crippen molar-refractivity contribution in [2.45, 2.75) is 36.6 Å². The van der Waals surface area contributed by atoms with Crippen LogP contribution in [0, 0.1) is 5.82 Å². The van der Waals surface area contributed by atoms with Crippen molar-refractivity contribution in [2.24, 2.45) is 0 Å². The molecule has 0 radical (unpaired) electrons. The summed E-state index contributed by atoms with van der Waals surface area (Å²) in [6, 6.07) is 13.1. The number of rotatable bonds is 12. The molecule has 0 atom stereocenters. The average molecular weight is 623 g/mol. The lowest BCUT2D eigenvalue weighted by atomic mass is 10.1. The van der Waals surface area contributed by atoms with Crippen LogP contribution in [-0.4, -0.2) is 44.3 Å². The van der Waals surface area contributed by atoms with Crippen LogP contribution in [0.2, 0.25) is 0 Å². The maximum atomic E-state index is 14.1. The molecule has 4 aromatic rings. The number of aromatic nitrogens is 1. The first-order valence-corrected chi connectivity index (χ1v) is 13.6. The Kier molecular flexibility index (Phi) is 9.01. The highest BCUT2D eigenvalue weighted by Gasteiger charge is 2.41. The van der Waals surface area contributed by atoms with Gasteiger partial charge in [-0.2, -0.15) is 8.78 Å². The van der Waals surface area contributed by atoms with Crippen molar-refractivity contribution in [3.05, 3.63) is 89.9 Å². The van der Waals surface area contributed by atoms with Crippen LogP contribution in [0.25, 0.3) is 10.9 Å². The monoisotopic (exact) mass is 622 g/mol. The van der Waals surface area contributed by atoms with Gasteiger partial charge in [0.05, 0.1) is 10.4 Å². The molecule has 15 heteroatoms. The Morgan fingerprint density at radius 1 is 0.905 bits per heavy atom. The van der Waals surface area contributed by atoms with E-state index in [1.807, 2.05) is 0 Å². The number of hydrogen-bond acceptors (Lipinski definition) is 5. The number of hydrogen-bond donors (Lipinski definition) is 1. The van der Waals surface area contributed by atoms with E-state index in [1.54, 1.807) is 6.07 Å². The lowest BCUT2D eigenvalue weighted by molar-refractivity contribution is -0.274. The molecule has 0 amide bonds. The molecule has 0 aliphatic heterocycles. The van der Waals surface area contributed by atoms with E-state index in [2.05, 4.69) is 10.1 Å². The Morgan fingerprint density at radius 2 is 1.62 bits per heavy atom. The number of halogens is 8. The van der Waals surface area contributed by atoms with E-state index in [9.17, 15) is 43.5 Å². The zero-order chi connectivity index (χ0) is 30.7. The normalized spacial score (nSPS) is 12.7. The van der Waals surface area contributed by atoms with Crippen LogP contribution in [0.3, 0.4) is 0 Å². The second-order valence-corrected chi connectivity index (χ2v) is 10.9.